The Morgan fingerprint density at radius 1 is 1.00 bits per heavy atom. The largest absolute Gasteiger partial charge is 0.494 e. The lowest BCUT2D eigenvalue weighted by atomic mass is 9.68. The quantitative estimate of drug-likeness (QED) is 0.470. The van der Waals surface area contributed by atoms with Gasteiger partial charge in [-0.25, -0.2) is 0 Å². The van der Waals surface area contributed by atoms with Crippen LogP contribution in [-0.4, -0.2) is 36.5 Å². The molecule has 1 saturated carbocycles. The van der Waals surface area contributed by atoms with Gasteiger partial charge in [-0.15, -0.1) is 0 Å². The summed E-state index contributed by atoms with van der Waals surface area (Å²) >= 11 is 0. The first kappa shape index (κ1) is 23.8. The Balaban J connectivity index is 1.31. The van der Waals surface area contributed by atoms with Gasteiger partial charge in [-0.05, 0) is 82.3 Å². The molecule has 0 bridgehead atoms. The molecule has 1 N–H and O–H groups in total. The van der Waals surface area contributed by atoms with Crippen molar-refractivity contribution in [1.82, 2.24) is 4.90 Å². The highest BCUT2D eigenvalue weighted by atomic mass is 16.5. The molecule has 2 aromatic carbocycles. The van der Waals surface area contributed by atoms with E-state index in [1.165, 1.54) is 37.8 Å². The Kier molecular flexibility index (Phi) is 8.08. The summed E-state index contributed by atoms with van der Waals surface area (Å²) < 4.78 is 5.97. The van der Waals surface area contributed by atoms with Crippen LogP contribution in [0.4, 0.5) is 5.69 Å². The van der Waals surface area contributed by atoms with Crippen molar-refractivity contribution in [3.05, 3.63) is 59.7 Å². The number of hydrogen-bond donors (Lipinski definition) is 1. The number of hydrogen-bond acceptors (Lipinski definition) is 3. The molecule has 4 heteroatoms. The fraction of sp³-hybridized carbons (Fsp3) is 0.552. The maximum absolute atomic E-state index is 13.5. The Morgan fingerprint density at radius 2 is 1.73 bits per heavy atom. The zero-order valence-corrected chi connectivity index (χ0v) is 20.4. The smallest absolute Gasteiger partial charge is 0.235 e. The number of nitrogens with zero attached hydrogens (tertiary/aromatic N) is 1. The molecule has 1 atom stereocenters. The van der Waals surface area contributed by atoms with Gasteiger partial charge in [0.25, 0.3) is 0 Å². The first-order chi connectivity index (χ1) is 16.1. The first-order valence-electron chi connectivity index (χ1n) is 12.9. The van der Waals surface area contributed by atoms with Crippen LogP contribution in [0.5, 0.6) is 5.75 Å². The average molecular weight is 449 g/mol. The van der Waals surface area contributed by atoms with E-state index in [-0.39, 0.29) is 5.91 Å². The molecule has 4 nitrogen and oxygen atoms in total. The number of rotatable bonds is 8. The molecule has 0 radical (unpaired) electrons. The summed E-state index contributed by atoms with van der Waals surface area (Å²) in [5, 5.41) is 3.21. The van der Waals surface area contributed by atoms with Gasteiger partial charge >= 0.3 is 0 Å². The van der Waals surface area contributed by atoms with Crippen LogP contribution in [0, 0.1) is 6.92 Å². The van der Waals surface area contributed by atoms with E-state index in [1.807, 2.05) is 24.3 Å². The van der Waals surface area contributed by atoms with E-state index in [2.05, 4.69) is 48.3 Å². The molecule has 1 aliphatic carbocycles. The van der Waals surface area contributed by atoms with Gasteiger partial charge in [-0.3, -0.25) is 4.79 Å². The number of amides is 1. The molecule has 33 heavy (non-hydrogen) atoms. The number of anilines is 1. The highest BCUT2D eigenvalue weighted by molar-refractivity contribution is 5.99. The molecule has 2 aliphatic rings. The van der Waals surface area contributed by atoms with E-state index < -0.39 is 5.41 Å². The fourth-order valence-electron chi connectivity index (χ4n) is 5.51. The summed E-state index contributed by atoms with van der Waals surface area (Å²) in [6, 6.07) is 17.1. The van der Waals surface area contributed by atoms with Gasteiger partial charge in [-0.1, -0.05) is 55.5 Å². The molecule has 1 amide bonds. The molecular weight excluding hydrogens is 408 g/mol. The van der Waals surface area contributed by atoms with E-state index in [0.29, 0.717) is 6.04 Å². The molecule has 1 saturated heterocycles. The van der Waals surface area contributed by atoms with Gasteiger partial charge in [-0.2, -0.15) is 0 Å². The third kappa shape index (κ3) is 5.97. The lowest BCUT2D eigenvalue weighted by molar-refractivity contribution is -0.122. The topological polar surface area (TPSA) is 41.6 Å². The van der Waals surface area contributed by atoms with Crippen LogP contribution < -0.4 is 10.1 Å². The van der Waals surface area contributed by atoms with Gasteiger partial charge < -0.3 is 15.0 Å². The SMILES string of the molecule is Cc1ccc(C2(C(=O)Nc3ccc(OCCCN4CCCCC4C)cc3)CCCCC2)cc1. The molecule has 4 rings (SSSR count). The summed E-state index contributed by atoms with van der Waals surface area (Å²) in [5.41, 5.74) is 2.79. The number of piperidine rings is 1. The summed E-state index contributed by atoms with van der Waals surface area (Å²) in [5.74, 6) is 0.987. The predicted molar refractivity (Wildman–Crippen MR) is 136 cm³/mol. The Hall–Kier alpha value is -2.33. The Bertz CT molecular complexity index is 885. The summed E-state index contributed by atoms with van der Waals surface area (Å²) in [4.78, 5) is 16.1. The van der Waals surface area contributed by atoms with Crippen LogP contribution in [0.3, 0.4) is 0 Å². The second kappa shape index (κ2) is 11.2. The number of ether oxygens (including phenoxy) is 1. The second-order valence-corrected chi connectivity index (χ2v) is 10.1. The normalized spacial score (nSPS) is 20.8. The molecular formula is C29H40N2O2. The summed E-state index contributed by atoms with van der Waals surface area (Å²) in [6.07, 6.45) is 10.3. The van der Waals surface area contributed by atoms with E-state index in [9.17, 15) is 4.79 Å². The van der Waals surface area contributed by atoms with Crippen molar-refractivity contribution in [2.75, 3.05) is 25.0 Å². The molecule has 1 unspecified atom stereocenters. The van der Waals surface area contributed by atoms with Crippen LogP contribution in [0.2, 0.25) is 0 Å². The van der Waals surface area contributed by atoms with Gasteiger partial charge in [0.05, 0.1) is 12.0 Å². The molecule has 2 fully saturated rings. The predicted octanol–water partition coefficient (Wildman–Crippen LogP) is 6.48. The van der Waals surface area contributed by atoms with Crippen molar-refractivity contribution in [2.45, 2.75) is 83.1 Å². The van der Waals surface area contributed by atoms with Crippen molar-refractivity contribution in [3.8, 4) is 5.75 Å². The van der Waals surface area contributed by atoms with E-state index in [1.54, 1.807) is 0 Å². The third-order valence-corrected chi connectivity index (χ3v) is 7.66. The molecule has 0 aromatic heterocycles. The lowest BCUT2D eigenvalue weighted by Crippen LogP contribution is -2.42. The van der Waals surface area contributed by atoms with Crippen LogP contribution in [0.1, 0.15) is 75.8 Å². The van der Waals surface area contributed by atoms with Gasteiger partial charge in [0, 0.05) is 18.3 Å². The van der Waals surface area contributed by atoms with Crippen molar-refractivity contribution < 1.29 is 9.53 Å². The van der Waals surface area contributed by atoms with E-state index in [0.717, 1.165) is 62.3 Å². The number of benzene rings is 2. The van der Waals surface area contributed by atoms with Crippen LogP contribution in [0.25, 0.3) is 0 Å². The van der Waals surface area contributed by atoms with E-state index >= 15 is 0 Å². The number of likely N-dealkylation sites (tertiary alicyclic amines) is 1. The van der Waals surface area contributed by atoms with Gasteiger partial charge in [0.1, 0.15) is 5.75 Å². The maximum atomic E-state index is 13.5. The van der Waals surface area contributed by atoms with Crippen LogP contribution in [0.15, 0.2) is 48.5 Å². The molecule has 0 spiro atoms. The minimum Gasteiger partial charge on any atom is -0.494 e. The maximum Gasteiger partial charge on any atom is 0.235 e. The van der Waals surface area contributed by atoms with Gasteiger partial charge in [0.2, 0.25) is 5.91 Å². The number of aryl methyl sites for hydroxylation is 1. The van der Waals surface area contributed by atoms with Crippen LogP contribution >= 0.6 is 0 Å². The highest BCUT2D eigenvalue weighted by Crippen LogP contribution is 2.40. The monoisotopic (exact) mass is 448 g/mol. The minimum atomic E-state index is -0.424. The van der Waals surface area contributed by atoms with Gasteiger partial charge in [0.15, 0.2) is 0 Å². The van der Waals surface area contributed by atoms with Crippen molar-refractivity contribution in [3.63, 3.8) is 0 Å². The fourth-order valence-corrected chi connectivity index (χ4v) is 5.51. The van der Waals surface area contributed by atoms with Crippen molar-refractivity contribution in [1.29, 1.82) is 0 Å². The second-order valence-electron chi connectivity index (χ2n) is 10.1. The van der Waals surface area contributed by atoms with Crippen molar-refractivity contribution in [2.24, 2.45) is 0 Å². The summed E-state index contributed by atoms with van der Waals surface area (Å²) in [6.45, 7) is 7.49. The average Bonchev–Trinajstić information content (AvgIpc) is 2.84. The third-order valence-electron chi connectivity index (χ3n) is 7.66. The molecule has 178 valence electrons. The highest BCUT2D eigenvalue weighted by Gasteiger charge is 2.41. The lowest BCUT2D eigenvalue weighted by Gasteiger charge is -2.36. The Labute approximate surface area is 199 Å². The number of nitrogens with one attached hydrogen (secondary N) is 1. The molecule has 1 heterocycles. The zero-order valence-electron chi connectivity index (χ0n) is 20.4. The molecule has 2 aromatic rings. The number of carbonyl (C=O) groups excluding carboxylic acids is 1. The van der Waals surface area contributed by atoms with E-state index in [4.69, 9.17) is 4.74 Å². The van der Waals surface area contributed by atoms with Crippen molar-refractivity contribution >= 4 is 11.6 Å². The number of carbonyl (C=O) groups is 1. The Morgan fingerprint density at radius 3 is 2.42 bits per heavy atom. The summed E-state index contributed by atoms with van der Waals surface area (Å²) in [7, 11) is 0. The van der Waals surface area contributed by atoms with Crippen LogP contribution in [-0.2, 0) is 10.2 Å². The molecule has 1 aliphatic heterocycles. The minimum absolute atomic E-state index is 0.121. The standard InChI is InChI=1S/C29H40N2O2/c1-23-10-12-25(13-11-23)29(18-5-3-6-19-29)28(32)30-26-14-16-27(17-15-26)33-22-8-21-31-20-7-4-9-24(31)2/h10-17,24H,3-9,18-22H2,1-2H3,(H,30,32). The zero-order chi connectivity index (χ0) is 23.1. The first-order valence-corrected chi connectivity index (χ1v) is 12.9.